The average Bonchev–Trinajstić information content (AvgIpc) is 2.72. The SMILES string of the molecule is CC(N)C1CCN(C(=O)C2CCN(C(=O)COc3ccccc3)CC2)CC1. The van der Waals surface area contributed by atoms with Crippen molar-refractivity contribution in [3.63, 3.8) is 0 Å². The van der Waals surface area contributed by atoms with Gasteiger partial charge in [0.2, 0.25) is 5.91 Å². The predicted octanol–water partition coefficient (Wildman–Crippen LogP) is 1.89. The highest BCUT2D eigenvalue weighted by atomic mass is 16.5. The molecule has 3 rings (SSSR count). The average molecular weight is 373 g/mol. The summed E-state index contributed by atoms with van der Waals surface area (Å²) in [5.41, 5.74) is 5.99. The Morgan fingerprint density at radius 2 is 1.63 bits per heavy atom. The van der Waals surface area contributed by atoms with Crippen molar-refractivity contribution in [3.8, 4) is 5.75 Å². The second-order valence-corrected chi connectivity index (χ2v) is 7.78. The van der Waals surface area contributed by atoms with Gasteiger partial charge in [-0.1, -0.05) is 18.2 Å². The van der Waals surface area contributed by atoms with E-state index in [1.165, 1.54) is 0 Å². The number of piperidine rings is 2. The van der Waals surface area contributed by atoms with Crippen LogP contribution in [0.2, 0.25) is 0 Å². The molecule has 0 radical (unpaired) electrons. The lowest BCUT2D eigenvalue weighted by Crippen LogP contribution is -2.48. The van der Waals surface area contributed by atoms with E-state index in [9.17, 15) is 9.59 Å². The molecule has 1 aromatic carbocycles. The summed E-state index contributed by atoms with van der Waals surface area (Å²) in [6.45, 7) is 4.99. The summed E-state index contributed by atoms with van der Waals surface area (Å²) in [6.07, 6.45) is 3.47. The zero-order valence-electron chi connectivity index (χ0n) is 16.2. The van der Waals surface area contributed by atoms with E-state index in [1.807, 2.05) is 40.1 Å². The van der Waals surface area contributed by atoms with Crippen LogP contribution in [0.25, 0.3) is 0 Å². The Morgan fingerprint density at radius 3 is 2.22 bits per heavy atom. The van der Waals surface area contributed by atoms with Gasteiger partial charge >= 0.3 is 0 Å². The molecule has 0 bridgehead atoms. The van der Waals surface area contributed by atoms with Crippen molar-refractivity contribution in [3.05, 3.63) is 30.3 Å². The van der Waals surface area contributed by atoms with Gasteiger partial charge in [0, 0.05) is 38.1 Å². The van der Waals surface area contributed by atoms with Crippen LogP contribution in [0.3, 0.4) is 0 Å². The number of nitrogens with zero attached hydrogens (tertiary/aromatic N) is 2. The first kappa shape index (κ1) is 19.7. The van der Waals surface area contributed by atoms with Gasteiger partial charge in [-0.2, -0.15) is 0 Å². The topological polar surface area (TPSA) is 75.9 Å². The Kier molecular flexibility index (Phi) is 6.72. The Hall–Kier alpha value is -2.08. The molecule has 0 aliphatic carbocycles. The molecule has 2 aliphatic heterocycles. The minimum atomic E-state index is -0.0116. The van der Waals surface area contributed by atoms with Crippen LogP contribution in [0.15, 0.2) is 30.3 Å². The van der Waals surface area contributed by atoms with Crippen LogP contribution in [0.5, 0.6) is 5.75 Å². The molecular weight excluding hydrogens is 342 g/mol. The number of hydrogen-bond acceptors (Lipinski definition) is 4. The smallest absolute Gasteiger partial charge is 0.260 e. The number of carbonyl (C=O) groups excluding carboxylic acids is 2. The first-order chi connectivity index (χ1) is 13.0. The van der Waals surface area contributed by atoms with Crippen molar-refractivity contribution in [1.29, 1.82) is 0 Å². The van der Waals surface area contributed by atoms with E-state index >= 15 is 0 Å². The predicted molar refractivity (Wildman–Crippen MR) is 104 cm³/mol. The van der Waals surface area contributed by atoms with Crippen molar-refractivity contribution < 1.29 is 14.3 Å². The molecule has 1 atom stereocenters. The molecule has 0 saturated carbocycles. The van der Waals surface area contributed by atoms with Gasteiger partial charge in [-0.25, -0.2) is 0 Å². The van der Waals surface area contributed by atoms with Crippen LogP contribution in [-0.4, -0.2) is 60.4 Å². The highest BCUT2D eigenvalue weighted by Crippen LogP contribution is 2.25. The van der Waals surface area contributed by atoms with Crippen LogP contribution in [0, 0.1) is 11.8 Å². The summed E-state index contributed by atoms with van der Waals surface area (Å²) in [5, 5.41) is 0. The number of carbonyl (C=O) groups is 2. The van der Waals surface area contributed by atoms with Crippen LogP contribution in [0.4, 0.5) is 0 Å². The lowest BCUT2D eigenvalue weighted by Gasteiger charge is -2.38. The highest BCUT2D eigenvalue weighted by Gasteiger charge is 2.32. The van der Waals surface area contributed by atoms with Gasteiger partial charge in [0.05, 0.1) is 0 Å². The third-order valence-electron chi connectivity index (χ3n) is 5.90. The first-order valence-electron chi connectivity index (χ1n) is 10.0. The maximum absolute atomic E-state index is 12.8. The molecule has 6 nitrogen and oxygen atoms in total. The summed E-state index contributed by atoms with van der Waals surface area (Å²) >= 11 is 0. The molecule has 2 N–H and O–H groups in total. The molecule has 2 fully saturated rings. The highest BCUT2D eigenvalue weighted by molar-refractivity contribution is 5.80. The molecule has 2 aliphatic rings. The van der Waals surface area contributed by atoms with Crippen molar-refractivity contribution >= 4 is 11.8 Å². The minimum absolute atomic E-state index is 0.0116. The van der Waals surface area contributed by atoms with Gasteiger partial charge in [0.15, 0.2) is 6.61 Å². The zero-order valence-corrected chi connectivity index (χ0v) is 16.2. The van der Waals surface area contributed by atoms with Gasteiger partial charge in [0.25, 0.3) is 5.91 Å². The number of likely N-dealkylation sites (tertiary alicyclic amines) is 2. The van der Waals surface area contributed by atoms with E-state index in [1.54, 1.807) is 0 Å². The molecule has 1 unspecified atom stereocenters. The Morgan fingerprint density at radius 1 is 1.04 bits per heavy atom. The second kappa shape index (κ2) is 9.22. The van der Waals surface area contributed by atoms with Crippen molar-refractivity contribution in [2.24, 2.45) is 17.6 Å². The lowest BCUT2D eigenvalue weighted by molar-refractivity contribution is -0.142. The Balaban J connectivity index is 1.40. The molecule has 6 heteroatoms. The largest absolute Gasteiger partial charge is 0.484 e. The number of hydrogen-bond donors (Lipinski definition) is 1. The molecule has 148 valence electrons. The van der Waals surface area contributed by atoms with E-state index in [-0.39, 0.29) is 30.4 Å². The summed E-state index contributed by atoms with van der Waals surface area (Å²) in [4.78, 5) is 28.9. The molecule has 2 amide bonds. The van der Waals surface area contributed by atoms with Crippen LogP contribution in [0.1, 0.15) is 32.6 Å². The van der Waals surface area contributed by atoms with Crippen molar-refractivity contribution in [2.75, 3.05) is 32.8 Å². The lowest BCUT2D eigenvalue weighted by atomic mass is 9.89. The van der Waals surface area contributed by atoms with E-state index in [0.29, 0.717) is 24.8 Å². The Labute approximate surface area is 161 Å². The summed E-state index contributed by atoms with van der Waals surface area (Å²) in [6, 6.07) is 9.56. The van der Waals surface area contributed by atoms with Gasteiger partial charge in [-0.15, -0.1) is 0 Å². The molecule has 0 aromatic heterocycles. The molecular formula is C21H31N3O3. The fraction of sp³-hybridized carbons (Fsp3) is 0.619. The summed E-state index contributed by atoms with van der Waals surface area (Å²) in [5.74, 6) is 1.51. The minimum Gasteiger partial charge on any atom is -0.484 e. The third kappa shape index (κ3) is 5.22. The number of para-hydroxylation sites is 1. The van der Waals surface area contributed by atoms with Gasteiger partial charge < -0.3 is 20.3 Å². The maximum Gasteiger partial charge on any atom is 0.260 e. The summed E-state index contributed by atoms with van der Waals surface area (Å²) < 4.78 is 5.54. The number of nitrogens with two attached hydrogens (primary N) is 1. The zero-order chi connectivity index (χ0) is 19.2. The fourth-order valence-electron chi connectivity index (χ4n) is 4.03. The molecule has 2 heterocycles. The van der Waals surface area contributed by atoms with Gasteiger partial charge in [-0.3, -0.25) is 9.59 Å². The van der Waals surface area contributed by atoms with E-state index < -0.39 is 0 Å². The van der Waals surface area contributed by atoms with Gasteiger partial charge in [0.1, 0.15) is 5.75 Å². The van der Waals surface area contributed by atoms with Gasteiger partial charge in [-0.05, 0) is 50.7 Å². The fourth-order valence-corrected chi connectivity index (χ4v) is 4.03. The standard InChI is InChI=1S/C21H31N3O3/c1-16(22)17-7-13-24(14-8-17)21(26)18-9-11-23(12-10-18)20(25)15-27-19-5-3-2-4-6-19/h2-6,16-18H,7-15,22H2,1H3. The molecule has 27 heavy (non-hydrogen) atoms. The number of ether oxygens (including phenoxy) is 1. The van der Waals surface area contributed by atoms with Crippen LogP contribution < -0.4 is 10.5 Å². The Bertz CT molecular complexity index is 619. The van der Waals surface area contributed by atoms with Crippen molar-refractivity contribution in [1.82, 2.24) is 9.80 Å². The first-order valence-corrected chi connectivity index (χ1v) is 10.0. The van der Waals surface area contributed by atoms with Crippen LogP contribution in [-0.2, 0) is 9.59 Å². The van der Waals surface area contributed by atoms with E-state index in [2.05, 4.69) is 6.92 Å². The number of amides is 2. The van der Waals surface area contributed by atoms with Crippen LogP contribution >= 0.6 is 0 Å². The third-order valence-corrected chi connectivity index (χ3v) is 5.90. The molecule has 2 saturated heterocycles. The summed E-state index contributed by atoms with van der Waals surface area (Å²) in [7, 11) is 0. The molecule has 1 aromatic rings. The number of rotatable bonds is 5. The second-order valence-electron chi connectivity index (χ2n) is 7.78. The van der Waals surface area contributed by atoms with Crippen molar-refractivity contribution in [2.45, 2.75) is 38.6 Å². The number of benzene rings is 1. The quantitative estimate of drug-likeness (QED) is 0.855. The van der Waals surface area contributed by atoms with E-state index in [4.69, 9.17) is 10.5 Å². The normalized spacial score (nSPS) is 20.4. The molecule has 0 spiro atoms. The van der Waals surface area contributed by atoms with E-state index in [0.717, 1.165) is 38.8 Å². The monoisotopic (exact) mass is 373 g/mol. The maximum atomic E-state index is 12.8.